The quantitative estimate of drug-likeness (QED) is 0.0169. The fourth-order valence-corrected chi connectivity index (χ4v) is 12.4. The summed E-state index contributed by atoms with van der Waals surface area (Å²) in [6.45, 7) is 4.87. The van der Waals surface area contributed by atoms with E-state index in [0.29, 0.717) is 25.7 Å². The topological polar surface area (TPSA) is 237 Å². The maximum atomic E-state index is 13.1. The molecule has 17 nitrogen and oxygen atoms in total. The van der Waals surface area contributed by atoms with Crippen molar-refractivity contribution >= 4 is 39.5 Å². The smallest absolute Gasteiger partial charge is 0.462 e. The van der Waals surface area contributed by atoms with Crippen molar-refractivity contribution in [3.05, 3.63) is 48.6 Å². The minimum atomic E-state index is -4.97. The number of phosphoric ester groups is 2. The average molecular weight is 1400 g/mol. The van der Waals surface area contributed by atoms with Crippen LogP contribution in [-0.4, -0.2) is 96.7 Å². The lowest BCUT2D eigenvalue weighted by Gasteiger charge is -2.21. The van der Waals surface area contributed by atoms with Crippen molar-refractivity contribution in [2.24, 2.45) is 0 Å². The molecule has 562 valence electrons. The number of unbranched alkanes of at least 4 members (excludes halogenated alkanes) is 42. The Balaban J connectivity index is 5.33. The molecule has 0 saturated carbocycles. The van der Waals surface area contributed by atoms with Crippen LogP contribution in [0.2, 0.25) is 0 Å². The Hall–Kier alpha value is -2.98. The summed E-state index contributed by atoms with van der Waals surface area (Å²) in [5, 5.41) is 10.6. The van der Waals surface area contributed by atoms with E-state index in [9.17, 15) is 43.2 Å². The molecule has 0 aliphatic heterocycles. The van der Waals surface area contributed by atoms with Crippen LogP contribution in [0.4, 0.5) is 0 Å². The largest absolute Gasteiger partial charge is 0.472 e. The lowest BCUT2D eigenvalue weighted by molar-refractivity contribution is -0.161. The zero-order valence-corrected chi connectivity index (χ0v) is 63.1. The van der Waals surface area contributed by atoms with E-state index < -0.39 is 97.5 Å². The van der Waals surface area contributed by atoms with E-state index >= 15 is 0 Å². The highest BCUT2D eigenvalue weighted by Gasteiger charge is 2.30. The van der Waals surface area contributed by atoms with Gasteiger partial charge in [0.05, 0.1) is 26.4 Å². The van der Waals surface area contributed by atoms with E-state index in [2.05, 4.69) is 76.3 Å². The third kappa shape index (κ3) is 69.5. The molecule has 0 aromatic heterocycles. The molecule has 0 aliphatic carbocycles. The van der Waals surface area contributed by atoms with Crippen LogP contribution in [0.5, 0.6) is 0 Å². The number of aliphatic hydroxyl groups is 1. The number of ether oxygens (including phenoxy) is 4. The Morgan fingerprint density at radius 3 is 0.760 bits per heavy atom. The number of hydrogen-bond acceptors (Lipinski definition) is 15. The molecule has 0 radical (unpaired) electrons. The first-order valence-electron chi connectivity index (χ1n) is 38.9. The molecule has 0 rings (SSSR count). The summed E-state index contributed by atoms with van der Waals surface area (Å²) >= 11 is 0. The fourth-order valence-electron chi connectivity index (χ4n) is 10.9. The van der Waals surface area contributed by atoms with Gasteiger partial charge in [-0.15, -0.1) is 0 Å². The van der Waals surface area contributed by atoms with Gasteiger partial charge in [-0.05, 0) is 77.0 Å². The van der Waals surface area contributed by atoms with Gasteiger partial charge in [-0.2, -0.15) is 0 Å². The number of phosphoric acid groups is 2. The number of rotatable bonds is 74. The van der Waals surface area contributed by atoms with Crippen LogP contribution in [-0.2, 0) is 65.4 Å². The minimum absolute atomic E-state index is 0.0833. The summed E-state index contributed by atoms with van der Waals surface area (Å²) in [5.41, 5.74) is 0. The summed E-state index contributed by atoms with van der Waals surface area (Å²) < 4.78 is 68.5. The highest BCUT2D eigenvalue weighted by molar-refractivity contribution is 7.47. The summed E-state index contributed by atoms with van der Waals surface area (Å²) in [5.74, 6) is -2.17. The van der Waals surface area contributed by atoms with Crippen LogP contribution < -0.4 is 0 Å². The first-order chi connectivity index (χ1) is 46.7. The lowest BCUT2D eigenvalue weighted by Crippen LogP contribution is -2.30. The van der Waals surface area contributed by atoms with E-state index in [4.69, 9.17) is 37.0 Å². The van der Waals surface area contributed by atoms with Crippen molar-refractivity contribution in [1.82, 2.24) is 0 Å². The summed E-state index contributed by atoms with van der Waals surface area (Å²) in [4.78, 5) is 72.8. The summed E-state index contributed by atoms with van der Waals surface area (Å²) in [7, 11) is -9.94. The third-order valence-corrected chi connectivity index (χ3v) is 18.8. The van der Waals surface area contributed by atoms with Crippen LogP contribution in [0, 0.1) is 0 Å². The van der Waals surface area contributed by atoms with Gasteiger partial charge in [-0.1, -0.05) is 307 Å². The second-order valence-corrected chi connectivity index (χ2v) is 29.3. The Kier molecular flexibility index (Phi) is 68.3. The lowest BCUT2D eigenvalue weighted by atomic mass is 10.0. The SMILES string of the molecule is CCCCCC/C=C\C=C/CCCCCCCC(=O)O[C@H](COC(=O)CCCCCCCCCCCCCCC)COP(=O)(O)OCC(O)COP(=O)(O)OC[C@@H](COC(=O)CCCCCCCCCCCCCCC)OC(=O)CCCCCCC/C=C\C=C/CCCCCC. The molecule has 0 aliphatic rings. The first kappa shape index (κ1) is 93.0. The highest BCUT2D eigenvalue weighted by Crippen LogP contribution is 2.45. The number of esters is 4. The van der Waals surface area contributed by atoms with Gasteiger partial charge in [0.25, 0.3) is 0 Å². The van der Waals surface area contributed by atoms with E-state index in [0.717, 1.165) is 116 Å². The molecular weight excluding hydrogens is 1260 g/mol. The van der Waals surface area contributed by atoms with Gasteiger partial charge in [0.1, 0.15) is 19.3 Å². The van der Waals surface area contributed by atoms with Gasteiger partial charge in [0, 0.05) is 25.7 Å². The Morgan fingerprint density at radius 2 is 0.500 bits per heavy atom. The van der Waals surface area contributed by atoms with Crippen molar-refractivity contribution in [3.63, 3.8) is 0 Å². The summed E-state index contributed by atoms with van der Waals surface area (Å²) in [6.07, 6.45) is 66.6. The number of hydrogen-bond donors (Lipinski definition) is 3. The van der Waals surface area contributed by atoms with Gasteiger partial charge in [0.2, 0.25) is 0 Å². The van der Waals surface area contributed by atoms with Crippen molar-refractivity contribution in [2.75, 3.05) is 39.6 Å². The van der Waals surface area contributed by atoms with Crippen LogP contribution in [0.15, 0.2) is 48.6 Å². The van der Waals surface area contributed by atoms with Gasteiger partial charge in [0.15, 0.2) is 12.2 Å². The van der Waals surface area contributed by atoms with Crippen molar-refractivity contribution in [2.45, 2.75) is 380 Å². The second-order valence-electron chi connectivity index (χ2n) is 26.4. The normalized spacial score (nSPS) is 14.2. The maximum Gasteiger partial charge on any atom is 0.472 e. The van der Waals surface area contributed by atoms with Crippen LogP contribution >= 0.6 is 15.6 Å². The van der Waals surface area contributed by atoms with Crippen LogP contribution in [0.1, 0.15) is 362 Å². The molecule has 0 heterocycles. The second kappa shape index (κ2) is 70.5. The van der Waals surface area contributed by atoms with Crippen molar-refractivity contribution in [1.29, 1.82) is 0 Å². The van der Waals surface area contributed by atoms with Crippen LogP contribution in [0.25, 0.3) is 0 Å². The molecule has 4 atom stereocenters. The minimum Gasteiger partial charge on any atom is -0.462 e. The van der Waals surface area contributed by atoms with Gasteiger partial charge < -0.3 is 33.8 Å². The van der Waals surface area contributed by atoms with Gasteiger partial charge in [-0.25, -0.2) is 9.13 Å². The predicted octanol–water partition coefficient (Wildman–Crippen LogP) is 22.1. The first-order valence-corrected chi connectivity index (χ1v) is 41.9. The molecule has 2 unspecified atom stereocenters. The van der Waals surface area contributed by atoms with Crippen molar-refractivity contribution in [3.8, 4) is 0 Å². The van der Waals surface area contributed by atoms with E-state index in [1.165, 1.54) is 167 Å². The summed E-state index contributed by atoms with van der Waals surface area (Å²) in [6, 6.07) is 0. The molecule has 3 N–H and O–H groups in total. The maximum absolute atomic E-state index is 13.1. The van der Waals surface area contributed by atoms with Gasteiger partial charge >= 0.3 is 39.5 Å². The molecule has 0 aromatic rings. The van der Waals surface area contributed by atoms with E-state index in [1.807, 2.05) is 0 Å². The fraction of sp³-hybridized carbons (Fsp3) is 0.844. The molecule has 0 spiro atoms. The molecule has 19 heteroatoms. The van der Waals surface area contributed by atoms with Gasteiger partial charge in [-0.3, -0.25) is 37.3 Å². The predicted molar refractivity (Wildman–Crippen MR) is 390 cm³/mol. The monoisotopic (exact) mass is 1400 g/mol. The number of carbonyl (C=O) groups is 4. The zero-order chi connectivity index (χ0) is 70.4. The Morgan fingerprint density at radius 1 is 0.292 bits per heavy atom. The Labute approximate surface area is 585 Å². The molecule has 0 fully saturated rings. The van der Waals surface area contributed by atoms with Crippen molar-refractivity contribution < 1.29 is 80.2 Å². The number of allylic oxidation sites excluding steroid dienone is 8. The van der Waals surface area contributed by atoms with Crippen LogP contribution in [0.3, 0.4) is 0 Å². The molecule has 0 aromatic carbocycles. The highest BCUT2D eigenvalue weighted by atomic mass is 31.2. The molecule has 0 amide bonds. The van der Waals surface area contributed by atoms with E-state index in [-0.39, 0.29) is 25.7 Å². The third-order valence-electron chi connectivity index (χ3n) is 16.9. The Bertz CT molecular complexity index is 1880. The molecule has 0 bridgehead atoms. The zero-order valence-electron chi connectivity index (χ0n) is 61.3. The molecular formula is C77H142O17P2. The van der Waals surface area contributed by atoms with E-state index in [1.54, 1.807) is 0 Å². The number of carbonyl (C=O) groups excluding carboxylic acids is 4. The number of aliphatic hydroxyl groups excluding tert-OH is 1. The molecule has 0 saturated heterocycles. The standard InChI is InChI=1S/C77H142O17P2/c1-5-9-13-17-21-25-29-33-35-39-43-47-51-55-59-63-76(81)93-72(67-87-74(79)61-57-53-49-45-41-37-31-27-23-19-15-11-7-3)69-91-95(83,84)89-65-71(78)66-90-96(85,86)92-70-73(68-88-75(80)62-58-54-50-46-42-38-32-28-24-20-16-12-8-4)94-77(82)64-60-56-52-48-44-40-36-34-30-26-22-18-14-10-6-2/h25-26,29-30,33-36,71-73,78H,5-24,27-28,31-32,37-70H2,1-4H3,(H,83,84)(H,85,86)/b29-25-,30-26-,35-33-,36-34-/t72-,73-/m1/s1. The average Bonchev–Trinajstić information content (AvgIpc) is 1.19. The molecule has 96 heavy (non-hydrogen) atoms.